The Morgan fingerprint density at radius 3 is 2.95 bits per heavy atom. The minimum absolute atomic E-state index is 0.459. The van der Waals surface area contributed by atoms with Gasteiger partial charge in [-0.05, 0) is 37.3 Å². The Balaban J connectivity index is 2.16. The standard InChI is InChI=1S/C16H26ClN3/c1-4-14-7-5-6-8-20(14)16-9-13(10-18-12(2)3)15(17)11-19-16/h9,11-12,14,18H,4-8,10H2,1-3H3. The Morgan fingerprint density at radius 1 is 1.45 bits per heavy atom. The normalized spacial score (nSPS) is 19.6. The maximum atomic E-state index is 6.27. The summed E-state index contributed by atoms with van der Waals surface area (Å²) in [5.41, 5.74) is 1.14. The number of halogens is 1. The molecule has 20 heavy (non-hydrogen) atoms. The molecule has 1 saturated heterocycles. The van der Waals surface area contributed by atoms with Gasteiger partial charge in [-0.3, -0.25) is 0 Å². The highest BCUT2D eigenvalue weighted by atomic mass is 35.5. The monoisotopic (exact) mass is 295 g/mol. The van der Waals surface area contributed by atoms with Crippen molar-refractivity contribution in [1.82, 2.24) is 10.3 Å². The van der Waals surface area contributed by atoms with Crippen LogP contribution in [0, 0.1) is 0 Å². The van der Waals surface area contributed by atoms with Crippen molar-refractivity contribution in [3.8, 4) is 0 Å². The van der Waals surface area contributed by atoms with Crippen molar-refractivity contribution in [2.45, 2.75) is 65.1 Å². The number of aromatic nitrogens is 1. The van der Waals surface area contributed by atoms with Crippen LogP contribution in [-0.4, -0.2) is 23.6 Å². The predicted molar refractivity (Wildman–Crippen MR) is 86.5 cm³/mol. The van der Waals surface area contributed by atoms with Gasteiger partial charge in [-0.15, -0.1) is 0 Å². The van der Waals surface area contributed by atoms with Crippen molar-refractivity contribution >= 4 is 17.4 Å². The molecule has 2 heterocycles. The Bertz CT molecular complexity index is 434. The Labute approximate surface area is 127 Å². The molecule has 1 fully saturated rings. The minimum atomic E-state index is 0.459. The smallest absolute Gasteiger partial charge is 0.129 e. The second-order valence-corrected chi connectivity index (χ2v) is 6.33. The summed E-state index contributed by atoms with van der Waals surface area (Å²) in [4.78, 5) is 7.01. The molecule has 1 atom stereocenters. The molecule has 1 aromatic rings. The number of hydrogen-bond acceptors (Lipinski definition) is 3. The summed E-state index contributed by atoms with van der Waals surface area (Å²) in [6.07, 6.45) is 6.87. The lowest BCUT2D eigenvalue weighted by atomic mass is 10.00. The van der Waals surface area contributed by atoms with Crippen molar-refractivity contribution in [1.29, 1.82) is 0 Å². The zero-order valence-corrected chi connectivity index (χ0v) is 13.6. The van der Waals surface area contributed by atoms with E-state index in [9.17, 15) is 0 Å². The van der Waals surface area contributed by atoms with Gasteiger partial charge in [-0.25, -0.2) is 4.98 Å². The zero-order chi connectivity index (χ0) is 14.5. The lowest BCUT2D eigenvalue weighted by molar-refractivity contribution is 0.446. The topological polar surface area (TPSA) is 28.2 Å². The molecular formula is C16H26ClN3. The highest BCUT2D eigenvalue weighted by Gasteiger charge is 2.22. The van der Waals surface area contributed by atoms with Gasteiger partial charge in [0.05, 0.1) is 5.02 Å². The van der Waals surface area contributed by atoms with E-state index in [1.165, 1.54) is 25.7 Å². The van der Waals surface area contributed by atoms with Gasteiger partial charge in [0.15, 0.2) is 0 Å². The zero-order valence-electron chi connectivity index (χ0n) is 12.8. The fraction of sp³-hybridized carbons (Fsp3) is 0.688. The first kappa shape index (κ1) is 15.6. The summed E-state index contributed by atoms with van der Waals surface area (Å²) in [6, 6.07) is 3.25. The molecule has 0 saturated carbocycles. The van der Waals surface area contributed by atoms with Crippen molar-refractivity contribution in [2.24, 2.45) is 0 Å². The molecule has 2 rings (SSSR count). The molecule has 112 valence electrons. The lowest BCUT2D eigenvalue weighted by Crippen LogP contribution is -2.39. The lowest BCUT2D eigenvalue weighted by Gasteiger charge is -2.36. The number of hydrogen-bond donors (Lipinski definition) is 1. The van der Waals surface area contributed by atoms with Gasteiger partial charge in [0.1, 0.15) is 5.82 Å². The third-order valence-corrected chi connectivity index (χ3v) is 4.35. The maximum Gasteiger partial charge on any atom is 0.129 e. The van der Waals surface area contributed by atoms with Crippen LogP contribution < -0.4 is 10.2 Å². The summed E-state index contributed by atoms with van der Waals surface area (Å²) in [5.74, 6) is 1.08. The molecule has 1 unspecified atom stereocenters. The highest BCUT2D eigenvalue weighted by Crippen LogP contribution is 2.27. The van der Waals surface area contributed by atoms with E-state index in [1.54, 1.807) is 6.20 Å². The number of nitrogens with zero attached hydrogens (tertiary/aromatic N) is 2. The van der Waals surface area contributed by atoms with Crippen molar-refractivity contribution < 1.29 is 0 Å². The van der Waals surface area contributed by atoms with E-state index in [0.717, 1.165) is 29.5 Å². The van der Waals surface area contributed by atoms with Crippen LogP contribution in [0.3, 0.4) is 0 Å². The Kier molecular flexibility index (Phi) is 5.67. The van der Waals surface area contributed by atoms with E-state index in [4.69, 9.17) is 11.6 Å². The van der Waals surface area contributed by atoms with Crippen LogP contribution in [0.2, 0.25) is 5.02 Å². The van der Waals surface area contributed by atoms with Crippen LogP contribution >= 0.6 is 11.6 Å². The summed E-state index contributed by atoms with van der Waals surface area (Å²) in [6.45, 7) is 8.47. The molecule has 0 aromatic carbocycles. The van der Waals surface area contributed by atoms with Gasteiger partial charge in [0.25, 0.3) is 0 Å². The van der Waals surface area contributed by atoms with Crippen molar-refractivity contribution in [3.63, 3.8) is 0 Å². The van der Waals surface area contributed by atoms with Crippen LogP contribution in [0.4, 0.5) is 5.82 Å². The molecule has 1 aliphatic heterocycles. The molecule has 4 heteroatoms. The van der Waals surface area contributed by atoms with E-state index in [2.05, 4.69) is 42.0 Å². The molecule has 0 radical (unpaired) electrons. The quantitative estimate of drug-likeness (QED) is 0.890. The molecule has 1 aliphatic rings. The highest BCUT2D eigenvalue weighted by molar-refractivity contribution is 6.31. The van der Waals surface area contributed by atoms with Gasteiger partial charge in [-0.2, -0.15) is 0 Å². The third-order valence-electron chi connectivity index (χ3n) is 4.01. The maximum absolute atomic E-state index is 6.27. The summed E-state index contributed by atoms with van der Waals surface area (Å²) >= 11 is 6.27. The van der Waals surface area contributed by atoms with Crippen LogP contribution in [-0.2, 0) is 6.54 Å². The molecule has 0 spiro atoms. The number of nitrogens with one attached hydrogen (secondary N) is 1. The molecule has 1 N–H and O–H groups in total. The first-order chi connectivity index (χ1) is 9.61. The SMILES string of the molecule is CCC1CCCCN1c1cc(CNC(C)C)c(Cl)cn1. The van der Waals surface area contributed by atoms with Crippen LogP contribution in [0.1, 0.15) is 52.0 Å². The van der Waals surface area contributed by atoms with Gasteiger partial charge in [0, 0.05) is 31.4 Å². The van der Waals surface area contributed by atoms with Gasteiger partial charge in [0.2, 0.25) is 0 Å². The Morgan fingerprint density at radius 2 is 2.25 bits per heavy atom. The summed E-state index contributed by atoms with van der Waals surface area (Å²) < 4.78 is 0. The van der Waals surface area contributed by atoms with E-state index < -0.39 is 0 Å². The second kappa shape index (κ2) is 7.28. The second-order valence-electron chi connectivity index (χ2n) is 5.92. The van der Waals surface area contributed by atoms with E-state index in [0.29, 0.717) is 12.1 Å². The molecule has 0 aliphatic carbocycles. The number of anilines is 1. The van der Waals surface area contributed by atoms with Crippen LogP contribution in [0.5, 0.6) is 0 Å². The fourth-order valence-electron chi connectivity index (χ4n) is 2.80. The van der Waals surface area contributed by atoms with Crippen molar-refractivity contribution in [2.75, 3.05) is 11.4 Å². The van der Waals surface area contributed by atoms with Crippen LogP contribution in [0.25, 0.3) is 0 Å². The molecule has 0 bridgehead atoms. The van der Waals surface area contributed by atoms with Gasteiger partial charge >= 0.3 is 0 Å². The number of pyridine rings is 1. The predicted octanol–water partition coefficient (Wildman–Crippen LogP) is 4.00. The fourth-order valence-corrected chi connectivity index (χ4v) is 2.97. The van der Waals surface area contributed by atoms with E-state index >= 15 is 0 Å². The first-order valence-corrected chi connectivity index (χ1v) is 8.14. The van der Waals surface area contributed by atoms with Gasteiger partial charge in [-0.1, -0.05) is 32.4 Å². The Hall–Kier alpha value is -0.800. The number of piperidine rings is 1. The molecule has 1 aromatic heterocycles. The molecule has 0 amide bonds. The minimum Gasteiger partial charge on any atom is -0.354 e. The van der Waals surface area contributed by atoms with E-state index in [1.807, 2.05) is 0 Å². The molecular weight excluding hydrogens is 270 g/mol. The van der Waals surface area contributed by atoms with Gasteiger partial charge < -0.3 is 10.2 Å². The average molecular weight is 296 g/mol. The molecule has 3 nitrogen and oxygen atoms in total. The third kappa shape index (κ3) is 3.86. The first-order valence-electron chi connectivity index (χ1n) is 7.76. The summed E-state index contributed by atoms with van der Waals surface area (Å²) in [7, 11) is 0. The van der Waals surface area contributed by atoms with E-state index in [-0.39, 0.29) is 0 Å². The van der Waals surface area contributed by atoms with Crippen molar-refractivity contribution in [3.05, 3.63) is 22.8 Å². The van der Waals surface area contributed by atoms with Crippen LogP contribution in [0.15, 0.2) is 12.3 Å². The average Bonchev–Trinajstić information content (AvgIpc) is 2.46. The number of rotatable bonds is 5. The largest absolute Gasteiger partial charge is 0.354 e. The summed E-state index contributed by atoms with van der Waals surface area (Å²) in [5, 5.41) is 4.18.